The average Bonchev–Trinajstić information content (AvgIpc) is 2.27. The predicted octanol–water partition coefficient (Wildman–Crippen LogP) is 1.94. The first-order valence-corrected chi connectivity index (χ1v) is 5.62. The third-order valence-corrected chi connectivity index (χ3v) is 2.69. The predicted molar refractivity (Wildman–Crippen MR) is 68.6 cm³/mol. The maximum atomic E-state index is 5.43. The van der Waals surface area contributed by atoms with Gasteiger partial charge in [0.2, 0.25) is 0 Å². The summed E-state index contributed by atoms with van der Waals surface area (Å²) in [5, 5.41) is 0. The van der Waals surface area contributed by atoms with Gasteiger partial charge in [0.1, 0.15) is 11.4 Å². The van der Waals surface area contributed by atoms with E-state index in [9.17, 15) is 0 Å². The molecule has 96 valence electrons. The first-order valence-electron chi connectivity index (χ1n) is 5.62. The lowest BCUT2D eigenvalue weighted by Gasteiger charge is -2.25. The van der Waals surface area contributed by atoms with Crippen molar-refractivity contribution in [1.29, 1.82) is 0 Å². The summed E-state index contributed by atoms with van der Waals surface area (Å²) >= 11 is 0. The molecule has 0 aromatic carbocycles. The second-order valence-electron chi connectivity index (χ2n) is 5.57. The Kier molecular flexibility index (Phi) is 3.74. The van der Waals surface area contributed by atoms with Gasteiger partial charge in [0, 0.05) is 18.6 Å². The summed E-state index contributed by atoms with van der Waals surface area (Å²) in [5.41, 5.74) is 2.90. The summed E-state index contributed by atoms with van der Waals surface area (Å²) in [6.07, 6.45) is 0. The van der Waals surface area contributed by atoms with Crippen LogP contribution in [-0.2, 0) is 15.8 Å². The van der Waals surface area contributed by atoms with E-state index in [1.165, 1.54) is 0 Å². The SMILES string of the molecule is COC(C)(C)c1nc(NN)cc(C(C)(C)C)n1. The maximum Gasteiger partial charge on any atom is 0.162 e. The van der Waals surface area contributed by atoms with Crippen LogP contribution >= 0.6 is 0 Å². The Morgan fingerprint density at radius 3 is 2.18 bits per heavy atom. The monoisotopic (exact) mass is 238 g/mol. The fourth-order valence-corrected chi connectivity index (χ4v) is 1.27. The second kappa shape index (κ2) is 4.58. The van der Waals surface area contributed by atoms with E-state index in [0.29, 0.717) is 11.6 Å². The quantitative estimate of drug-likeness (QED) is 0.622. The number of nitrogens with two attached hydrogens (primary N) is 1. The van der Waals surface area contributed by atoms with Crippen LogP contribution in [0.15, 0.2) is 6.07 Å². The van der Waals surface area contributed by atoms with Crippen LogP contribution < -0.4 is 11.3 Å². The lowest BCUT2D eigenvalue weighted by atomic mass is 9.91. The van der Waals surface area contributed by atoms with Gasteiger partial charge in [-0.3, -0.25) is 0 Å². The summed E-state index contributed by atoms with van der Waals surface area (Å²) in [6.45, 7) is 10.1. The number of hydrogen-bond acceptors (Lipinski definition) is 5. The molecule has 1 heterocycles. The molecule has 1 aromatic heterocycles. The number of hydrogen-bond donors (Lipinski definition) is 2. The molecule has 0 saturated carbocycles. The molecule has 0 unspecified atom stereocenters. The van der Waals surface area contributed by atoms with Crippen LogP contribution in [-0.4, -0.2) is 17.1 Å². The molecule has 17 heavy (non-hydrogen) atoms. The zero-order valence-electron chi connectivity index (χ0n) is 11.5. The van der Waals surface area contributed by atoms with Crippen LogP contribution in [0.1, 0.15) is 46.1 Å². The highest BCUT2D eigenvalue weighted by Crippen LogP contribution is 2.26. The van der Waals surface area contributed by atoms with E-state index >= 15 is 0 Å². The summed E-state index contributed by atoms with van der Waals surface area (Å²) < 4.78 is 5.40. The molecular formula is C12H22N4O. The van der Waals surface area contributed by atoms with E-state index < -0.39 is 5.60 Å². The molecule has 1 aromatic rings. The van der Waals surface area contributed by atoms with Crippen LogP contribution in [0.3, 0.4) is 0 Å². The van der Waals surface area contributed by atoms with Crippen molar-refractivity contribution in [2.45, 2.75) is 45.6 Å². The molecule has 0 aliphatic heterocycles. The van der Waals surface area contributed by atoms with Crippen molar-refractivity contribution in [3.8, 4) is 0 Å². The number of nitrogens with zero attached hydrogens (tertiary/aromatic N) is 2. The lowest BCUT2D eigenvalue weighted by Crippen LogP contribution is -2.27. The minimum Gasteiger partial charge on any atom is -0.371 e. The van der Waals surface area contributed by atoms with Gasteiger partial charge in [-0.2, -0.15) is 0 Å². The van der Waals surface area contributed by atoms with Crippen molar-refractivity contribution in [3.05, 3.63) is 17.6 Å². The van der Waals surface area contributed by atoms with Crippen molar-refractivity contribution in [2.75, 3.05) is 12.5 Å². The van der Waals surface area contributed by atoms with Crippen molar-refractivity contribution < 1.29 is 4.74 Å². The highest BCUT2D eigenvalue weighted by atomic mass is 16.5. The largest absolute Gasteiger partial charge is 0.371 e. The molecule has 5 nitrogen and oxygen atoms in total. The smallest absolute Gasteiger partial charge is 0.162 e. The molecule has 0 radical (unpaired) electrons. The standard InChI is InChI=1S/C12H22N4O/c1-11(2,3)8-7-9(16-13)15-10(14-8)12(4,5)17-6/h7H,13H2,1-6H3,(H,14,15,16). The fraction of sp³-hybridized carbons (Fsp3) is 0.667. The number of nitrogen functional groups attached to an aromatic ring is 1. The van der Waals surface area contributed by atoms with Gasteiger partial charge in [-0.15, -0.1) is 0 Å². The van der Waals surface area contributed by atoms with E-state index in [1.807, 2.05) is 19.9 Å². The summed E-state index contributed by atoms with van der Waals surface area (Å²) in [5.74, 6) is 6.66. The molecule has 0 saturated heterocycles. The Bertz CT molecular complexity index is 396. The third kappa shape index (κ3) is 3.14. The summed E-state index contributed by atoms with van der Waals surface area (Å²) in [6, 6.07) is 1.86. The molecule has 0 amide bonds. The second-order valence-corrected chi connectivity index (χ2v) is 5.57. The topological polar surface area (TPSA) is 73.1 Å². The first-order chi connectivity index (χ1) is 7.70. The summed E-state index contributed by atoms with van der Waals surface area (Å²) in [7, 11) is 1.64. The van der Waals surface area contributed by atoms with E-state index in [0.717, 1.165) is 5.69 Å². The zero-order chi connectivity index (χ0) is 13.3. The molecule has 3 N–H and O–H groups in total. The molecule has 0 spiro atoms. The Labute approximate surface area is 103 Å². The Morgan fingerprint density at radius 1 is 1.18 bits per heavy atom. The van der Waals surface area contributed by atoms with Crippen LogP contribution in [0.25, 0.3) is 0 Å². The number of aromatic nitrogens is 2. The van der Waals surface area contributed by atoms with Crippen LogP contribution in [0.4, 0.5) is 5.82 Å². The highest BCUT2D eigenvalue weighted by Gasteiger charge is 2.26. The number of methoxy groups -OCH3 is 1. The molecular weight excluding hydrogens is 216 g/mol. The molecule has 0 aliphatic carbocycles. The van der Waals surface area contributed by atoms with E-state index in [2.05, 4.69) is 36.2 Å². The van der Waals surface area contributed by atoms with Crippen molar-refractivity contribution in [1.82, 2.24) is 9.97 Å². The van der Waals surface area contributed by atoms with Gasteiger partial charge in [0.05, 0.1) is 5.69 Å². The van der Waals surface area contributed by atoms with Gasteiger partial charge in [-0.1, -0.05) is 20.8 Å². The van der Waals surface area contributed by atoms with Crippen LogP contribution in [0, 0.1) is 0 Å². The van der Waals surface area contributed by atoms with E-state index in [-0.39, 0.29) is 5.41 Å². The molecule has 1 rings (SSSR count). The lowest BCUT2D eigenvalue weighted by molar-refractivity contribution is 0.0112. The van der Waals surface area contributed by atoms with Gasteiger partial charge < -0.3 is 10.2 Å². The minimum atomic E-state index is -0.535. The minimum absolute atomic E-state index is 0.0624. The van der Waals surface area contributed by atoms with Crippen molar-refractivity contribution in [3.63, 3.8) is 0 Å². The average molecular weight is 238 g/mol. The van der Waals surface area contributed by atoms with Gasteiger partial charge in [-0.25, -0.2) is 15.8 Å². The van der Waals surface area contributed by atoms with Crippen LogP contribution in [0.2, 0.25) is 0 Å². The van der Waals surface area contributed by atoms with Crippen molar-refractivity contribution >= 4 is 5.82 Å². The van der Waals surface area contributed by atoms with E-state index in [4.69, 9.17) is 10.6 Å². The number of hydrazine groups is 1. The molecule has 5 heteroatoms. The highest BCUT2D eigenvalue weighted by molar-refractivity contribution is 5.37. The van der Waals surface area contributed by atoms with Crippen LogP contribution in [0.5, 0.6) is 0 Å². The van der Waals surface area contributed by atoms with Gasteiger partial charge in [0.25, 0.3) is 0 Å². The maximum absolute atomic E-state index is 5.43. The number of nitrogens with one attached hydrogen (secondary N) is 1. The zero-order valence-corrected chi connectivity index (χ0v) is 11.5. The molecule has 0 fully saturated rings. The molecule has 0 bridgehead atoms. The molecule has 0 atom stereocenters. The Hall–Kier alpha value is -1.20. The van der Waals surface area contributed by atoms with Gasteiger partial charge in [-0.05, 0) is 13.8 Å². The number of rotatable bonds is 3. The van der Waals surface area contributed by atoms with Crippen molar-refractivity contribution in [2.24, 2.45) is 5.84 Å². The van der Waals surface area contributed by atoms with Gasteiger partial charge in [0.15, 0.2) is 5.82 Å². The van der Waals surface area contributed by atoms with Gasteiger partial charge >= 0.3 is 0 Å². The number of ether oxygens (including phenoxy) is 1. The fourth-order valence-electron chi connectivity index (χ4n) is 1.27. The summed E-state index contributed by atoms with van der Waals surface area (Å²) in [4.78, 5) is 8.90. The molecule has 0 aliphatic rings. The number of anilines is 1. The Morgan fingerprint density at radius 2 is 1.76 bits per heavy atom. The Balaban J connectivity index is 3.34. The first kappa shape index (κ1) is 13.9. The van der Waals surface area contributed by atoms with E-state index in [1.54, 1.807) is 7.11 Å². The normalized spacial score (nSPS) is 12.6. The third-order valence-electron chi connectivity index (χ3n) is 2.69.